The Morgan fingerprint density at radius 3 is 2.95 bits per heavy atom. The van der Waals surface area contributed by atoms with Crippen LogP contribution in [0.15, 0.2) is 30.5 Å². The van der Waals surface area contributed by atoms with E-state index in [0.29, 0.717) is 11.4 Å². The molecule has 0 atom stereocenters. The molecule has 0 unspecified atom stereocenters. The SMILES string of the molecule is CCn1cc(N)cc1C(=O)N1CCCc2cccc(C)c21. The van der Waals surface area contributed by atoms with Gasteiger partial charge in [0.15, 0.2) is 0 Å². The van der Waals surface area contributed by atoms with Crippen molar-refractivity contribution in [3.05, 3.63) is 47.3 Å². The Hall–Kier alpha value is -2.23. The van der Waals surface area contributed by atoms with E-state index in [0.717, 1.165) is 37.2 Å². The minimum absolute atomic E-state index is 0.0452. The average Bonchev–Trinajstić information content (AvgIpc) is 2.87. The lowest BCUT2D eigenvalue weighted by atomic mass is 9.98. The molecule has 0 spiro atoms. The number of aryl methyl sites for hydroxylation is 3. The molecule has 1 aliphatic rings. The van der Waals surface area contributed by atoms with Crippen LogP contribution in [-0.4, -0.2) is 17.0 Å². The van der Waals surface area contributed by atoms with Crippen LogP contribution in [0.5, 0.6) is 0 Å². The first-order valence-corrected chi connectivity index (χ1v) is 7.47. The first-order valence-electron chi connectivity index (χ1n) is 7.47. The van der Waals surface area contributed by atoms with Crippen LogP contribution in [0, 0.1) is 6.92 Å². The summed E-state index contributed by atoms with van der Waals surface area (Å²) >= 11 is 0. The quantitative estimate of drug-likeness (QED) is 0.921. The third kappa shape index (κ3) is 2.31. The van der Waals surface area contributed by atoms with Gasteiger partial charge in [0, 0.05) is 19.3 Å². The van der Waals surface area contributed by atoms with Crippen LogP contribution in [0.4, 0.5) is 11.4 Å². The van der Waals surface area contributed by atoms with Gasteiger partial charge in [0.05, 0.1) is 11.4 Å². The highest BCUT2D eigenvalue weighted by molar-refractivity contribution is 6.06. The van der Waals surface area contributed by atoms with Crippen LogP contribution < -0.4 is 10.6 Å². The van der Waals surface area contributed by atoms with E-state index in [1.165, 1.54) is 5.56 Å². The third-order valence-corrected chi connectivity index (χ3v) is 4.14. The Labute approximate surface area is 125 Å². The summed E-state index contributed by atoms with van der Waals surface area (Å²) in [5.41, 5.74) is 10.7. The van der Waals surface area contributed by atoms with Gasteiger partial charge in [-0.05, 0) is 43.9 Å². The Morgan fingerprint density at radius 2 is 2.19 bits per heavy atom. The molecule has 0 fully saturated rings. The number of nitrogens with two attached hydrogens (primary N) is 1. The van der Waals surface area contributed by atoms with E-state index < -0.39 is 0 Å². The van der Waals surface area contributed by atoms with E-state index in [9.17, 15) is 4.79 Å². The average molecular weight is 283 g/mol. The van der Waals surface area contributed by atoms with Gasteiger partial charge in [-0.15, -0.1) is 0 Å². The smallest absolute Gasteiger partial charge is 0.274 e. The molecule has 21 heavy (non-hydrogen) atoms. The molecule has 1 aromatic heterocycles. The first kappa shape index (κ1) is 13.7. The number of carbonyl (C=O) groups is 1. The Balaban J connectivity index is 2.04. The van der Waals surface area contributed by atoms with Gasteiger partial charge in [-0.1, -0.05) is 18.2 Å². The van der Waals surface area contributed by atoms with Gasteiger partial charge in [-0.25, -0.2) is 0 Å². The first-order chi connectivity index (χ1) is 10.1. The molecule has 4 heteroatoms. The van der Waals surface area contributed by atoms with E-state index in [4.69, 9.17) is 5.73 Å². The predicted molar refractivity (Wildman–Crippen MR) is 85.7 cm³/mol. The van der Waals surface area contributed by atoms with Gasteiger partial charge in [-0.3, -0.25) is 4.79 Å². The molecule has 1 aliphatic heterocycles. The Kier molecular flexibility index (Phi) is 3.45. The molecule has 0 aliphatic carbocycles. The molecule has 4 nitrogen and oxygen atoms in total. The standard InChI is InChI=1S/C17H21N3O/c1-3-19-11-14(18)10-15(19)17(21)20-9-5-8-13-7-4-6-12(2)16(13)20/h4,6-7,10-11H,3,5,8-9,18H2,1-2H3. The van der Waals surface area contributed by atoms with Crippen molar-refractivity contribution in [1.29, 1.82) is 0 Å². The van der Waals surface area contributed by atoms with E-state index in [-0.39, 0.29) is 5.91 Å². The number of rotatable bonds is 2. The van der Waals surface area contributed by atoms with Crippen molar-refractivity contribution >= 4 is 17.3 Å². The second kappa shape index (κ2) is 5.28. The summed E-state index contributed by atoms with van der Waals surface area (Å²) in [6.45, 7) is 5.60. The number of nitrogen functional groups attached to an aromatic ring is 1. The summed E-state index contributed by atoms with van der Waals surface area (Å²) in [5, 5.41) is 0. The van der Waals surface area contributed by atoms with Crippen LogP contribution in [-0.2, 0) is 13.0 Å². The summed E-state index contributed by atoms with van der Waals surface area (Å²) in [5.74, 6) is 0.0452. The van der Waals surface area contributed by atoms with Crippen molar-refractivity contribution in [2.75, 3.05) is 17.2 Å². The molecule has 110 valence electrons. The fourth-order valence-corrected chi connectivity index (χ4v) is 3.16. The van der Waals surface area contributed by atoms with Crippen molar-refractivity contribution < 1.29 is 4.79 Å². The molecular weight excluding hydrogens is 262 g/mol. The summed E-state index contributed by atoms with van der Waals surface area (Å²) in [7, 11) is 0. The molecular formula is C17H21N3O. The maximum atomic E-state index is 13.0. The second-order valence-electron chi connectivity index (χ2n) is 5.59. The van der Waals surface area contributed by atoms with Crippen molar-refractivity contribution in [1.82, 2.24) is 4.57 Å². The number of hydrogen-bond acceptors (Lipinski definition) is 2. The lowest BCUT2D eigenvalue weighted by molar-refractivity contribution is 0.0976. The molecule has 0 radical (unpaired) electrons. The number of benzene rings is 1. The molecule has 3 rings (SSSR count). The largest absolute Gasteiger partial charge is 0.397 e. The molecule has 2 aromatic rings. The van der Waals surface area contributed by atoms with Crippen LogP contribution >= 0.6 is 0 Å². The fourth-order valence-electron chi connectivity index (χ4n) is 3.16. The molecule has 0 saturated carbocycles. The maximum Gasteiger partial charge on any atom is 0.274 e. The number of anilines is 2. The molecule has 2 N–H and O–H groups in total. The molecule has 1 amide bonds. The molecule has 0 saturated heterocycles. The van der Waals surface area contributed by atoms with Crippen molar-refractivity contribution in [2.45, 2.75) is 33.2 Å². The number of nitrogens with zero attached hydrogens (tertiary/aromatic N) is 2. The van der Waals surface area contributed by atoms with Crippen molar-refractivity contribution in [3.8, 4) is 0 Å². The van der Waals surface area contributed by atoms with Crippen molar-refractivity contribution in [2.24, 2.45) is 0 Å². The van der Waals surface area contributed by atoms with Gasteiger partial charge >= 0.3 is 0 Å². The fraction of sp³-hybridized carbons (Fsp3) is 0.353. The van der Waals surface area contributed by atoms with E-state index in [1.807, 2.05) is 22.6 Å². The van der Waals surface area contributed by atoms with Gasteiger partial charge in [-0.2, -0.15) is 0 Å². The van der Waals surface area contributed by atoms with Crippen LogP contribution in [0.2, 0.25) is 0 Å². The van der Waals surface area contributed by atoms with Gasteiger partial charge in [0.1, 0.15) is 5.69 Å². The predicted octanol–water partition coefficient (Wildman–Crippen LogP) is 2.99. The number of amides is 1. The highest BCUT2D eigenvalue weighted by atomic mass is 16.2. The van der Waals surface area contributed by atoms with Gasteiger partial charge in [0.2, 0.25) is 0 Å². The highest BCUT2D eigenvalue weighted by Gasteiger charge is 2.26. The van der Waals surface area contributed by atoms with Gasteiger partial charge in [0.25, 0.3) is 5.91 Å². The zero-order valence-corrected chi connectivity index (χ0v) is 12.6. The zero-order chi connectivity index (χ0) is 15.0. The lowest BCUT2D eigenvalue weighted by Gasteiger charge is -2.31. The zero-order valence-electron chi connectivity index (χ0n) is 12.6. The number of hydrogen-bond donors (Lipinski definition) is 1. The molecule has 0 bridgehead atoms. The number of carbonyl (C=O) groups excluding carboxylic acids is 1. The van der Waals surface area contributed by atoms with E-state index in [2.05, 4.69) is 25.1 Å². The summed E-state index contributed by atoms with van der Waals surface area (Å²) in [6.07, 6.45) is 3.87. The number of aromatic nitrogens is 1. The molecule has 2 heterocycles. The minimum Gasteiger partial charge on any atom is -0.397 e. The third-order valence-electron chi connectivity index (χ3n) is 4.14. The topological polar surface area (TPSA) is 51.3 Å². The summed E-state index contributed by atoms with van der Waals surface area (Å²) < 4.78 is 1.92. The van der Waals surface area contributed by atoms with E-state index in [1.54, 1.807) is 6.07 Å². The number of para-hydroxylation sites is 1. The van der Waals surface area contributed by atoms with Crippen LogP contribution in [0.1, 0.15) is 35.0 Å². The molecule has 1 aromatic carbocycles. The van der Waals surface area contributed by atoms with Crippen molar-refractivity contribution in [3.63, 3.8) is 0 Å². The van der Waals surface area contributed by atoms with Crippen LogP contribution in [0.3, 0.4) is 0 Å². The normalized spacial score (nSPS) is 14.1. The summed E-state index contributed by atoms with van der Waals surface area (Å²) in [4.78, 5) is 14.9. The van der Waals surface area contributed by atoms with E-state index >= 15 is 0 Å². The Bertz CT molecular complexity index is 687. The number of fused-ring (bicyclic) bond motifs is 1. The minimum atomic E-state index is 0.0452. The highest BCUT2D eigenvalue weighted by Crippen LogP contribution is 2.32. The Morgan fingerprint density at radius 1 is 1.38 bits per heavy atom. The lowest BCUT2D eigenvalue weighted by Crippen LogP contribution is -2.37. The maximum absolute atomic E-state index is 13.0. The van der Waals surface area contributed by atoms with Crippen LogP contribution in [0.25, 0.3) is 0 Å². The summed E-state index contributed by atoms with van der Waals surface area (Å²) in [6, 6.07) is 8.03. The monoisotopic (exact) mass is 283 g/mol. The second-order valence-corrected chi connectivity index (χ2v) is 5.59. The van der Waals surface area contributed by atoms with Gasteiger partial charge < -0.3 is 15.2 Å².